The Morgan fingerprint density at radius 1 is 1.35 bits per heavy atom. The van der Waals surface area contributed by atoms with Crippen LogP contribution in [0.2, 0.25) is 0 Å². The topological polar surface area (TPSA) is 38.1 Å². The lowest BCUT2D eigenvalue weighted by atomic mass is 10.0. The van der Waals surface area contributed by atoms with Crippen LogP contribution >= 0.6 is 0 Å². The number of aromatic nitrogens is 2. The van der Waals surface area contributed by atoms with Gasteiger partial charge in [0, 0.05) is 31.9 Å². The second-order valence-electron chi connectivity index (χ2n) is 6.55. The number of piperidine rings is 1. The molecule has 4 heteroatoms. The predicted octanol–water partition coefficient (Wildman–Crippen LogP) is 3.30. The summed E-state index contributed by atoms with van der Waals surface area (Å²) in [6.45, 7) is 5.89. The highest BCUT2D eigenvalue weighted by molar-refractivity contribution is 5.76. The van der Waals surface area contributed by atoms with Crippen LogP contribution in [0.15, 0.2) is 36.7 Å². The van der Waals surface area contributed by atoms with Crippen molar-refractivity contribution in [2.75, 3.05) is 13.1 Å². The fourth-order valence-electron chi connectivity index (χ4n) is 3.42. The average Bonchev–Trinajstić information content (AvgIpc) is 3.08. The maximum atomic E-state index is 12.6. The summed E-state index contributed by atoms with van der Waals surface area (Å²) in [5.41, 5.74) is 3.84. The minimum atomic E-state index is 0.266. The molecule has 1 amide bonds. The van der Waals surface area contributed by atoms with E-state index < -0.39 is 0 Å². The van der Waals surface area contributed by atoms with Crippen LogP contribution in [0.4, 0.5) is 0 Å². The molecule has 4 nitrogen and oxygen atoms in total. The van der Waals surface area contributed by atoms with Gasteiger partial charge in [-0.05, 0) is 50.3 Å². The van der Waals surface area contributed by atoms with Crippen molar-refractivity contribution in [2.45, 2.75) is 45.6 Å². The van der Waals surface area contributed by atoms with Crippen LogP contribution in [-0.2, 0) is 11.2 Å². The molecule has 0 unspecified atom stereocenters. The fraction of sp³-hybridized carbons (Fsp3) is 0.474. The average molecular weight is 311 g/mol. The Hall–Kier alpha value is -2.10. The molecule has 0 spiro atoms. The van der Waals surface area contributed by atoms with Gasteiger partial charge in [-0.2, -0.15) is 5.10 Å². The van der Waals surface area contributed by atoms with E-state index in [9.17, 15) is 4.79 Å². The third kappa shape index (κ3) is 3.81. The molecule has 0 bridgehead atoms. The molecular formula is C19H25N3O. The summed E-state index contributed by atoms with van der Waals surface area (Å²) in [4.78, 5) is 14.6. The number of carbonyl (C=O) groups is 1. The van der Waals surface area contributed by atoms with Crippen LogP contribution in [0.3, 0.4) is 0 Å². The Bertz CT molecular complexity index is 663. The first-order chi connectivity index (χ1) is 11.1. The van der Waals surface area contributed by atoms with Gasteiger partial charge in [-0.15, -0.1) is 0 Å². The van der Waals surface area contributed by atoms with Gasteiger partial charge in [0.1, 0.15) is 0 Å². The molecule has 1 aliphatic heterocycles. The van der Waals surface area contributed by atoms with E-state index in [4.69, 9.17) is 0 Å². The zero-order valence-electron chi connectivity index (χ0n) is 14.0. The van der Waals surface area contributed by atoms with E-state index in [1.54, 1.807) is 6.20 Å². The van der Waals surface area contributed by atoms with Gasteiger partial charge in [-0.3, -0.25) is 9.48 Å². The minimum Gasteiger partial charge on any atom is -0.341 e. The van der Waals surface area contributed by atoms with Gasteiger partial charge in [0.15, 0.2) is 0 Å². The standard InChI is InChI=1S/C19H25N3O/c1-15-6-7-17(16(2)13-15)8-9-19(23)21-11-3-5-18(14-21)22-12-4-10-20-22/h4,6-7,10,12-13,18H,3,5,8-9,11,14H2,1-2H3/t18-/m1/s1. The number of hydrogen-bond acceptors (Lipinski definition) is 2. The highest BCUT2D eigenvalue weighted by Crippen LogP contribution is 2.22. The van der Waals surface area contributed by atoms with Gasteiger partial charge in [0.25, 0.3) is 0 Å². The summed E-state index contributed by atoms with van der Waals surface area (Å²) >= 11 is 0. The molecule has 0 saturated carbocycles. The summed E-state index contributed by atoms with van der Waals surface area (Å²) in [7, 11) is 0. The maximum absolute atomic E-state index is 12.6. The zero-order chi connectivity index (χ0) is 16.2. The van der Waals surface area contributed by atoms with Crippen molar-refractivity contribution >= 4 is 5.91 Å². The Morgan fingerprint density at radius 3 is 2.96 bits per heavy atom. The lowest BCUT2D eigenvalue weighted by molar-refractivity contribution is -0.132. The van der Waals surface area contributed by atoms with Crippen LogP contribution in [0.1, 0.15) is 42.0 Å². The van der Waals surface area contributed by atoms with Crippen LogP contribution in [0.5, 0.6) is 0 Å². The van der Waals surface area contributed by atoms with Crippen molar-refractivity contribution in [1.29, 1.82) is 0 Å². The second kappa shape index (κ2) is 6.99. The fourth-order valence-corrected chi connectivity index (χ4v) is 3.42. The third-order valence-electron chi connectivity index (χ3n) is 4.75. The molecule has 1 saturated heterocycles. The quantitative estimate of drug-likeness (QED) is 0.869. The number of amides is 1. The maximum Gasteiger partial charge on any atom is 0.222 e. The molecule has 1 aliphatic rings. The molecule has 1 fully saturated rings. The Labute approximate surface area is 138 Å². The van der Waals surface area contributed by atoms with Gasteiger partial charge in [-0.25, -0.2) is 0 Å². The van der Waals surface area contributed by atoms with Crippen LogP contribution < -0.4 is 0 Å². The predicted molar refractivity (Wildman–Crippen MR) is 91.3 cm³/mol. The van der Waals surface area contributed by atoms with Crippen molar-refractivity contribution in [1.82, 2.24) is 14.7 Å². The minimum absolute atomic E-state index is 0.266. The number of benzene rings is 1. The first-order valence-electron chi connectivity index (χ1n) is 8.46. The van der Waals surface area contributed by atoms with Gasteiger partial charge >= 0.3 is 0 Å². The summed E-state index contributed by atoms with van der Waals surface area (Å²) in [5, 5.41) is 4.33. The molecule has 122 valence electrons. The molecule has 0 N–H and O–H groups in total. The second-order valence-corrected chi connectivity index (χ2v) is 6.55. The third-order valence-corrected chi connectivity index (χ3v) is 4.75. The number of likely N-dealkylation sites (tertiary alicyclic amines) is 1. The molecule has 1 aromatic heterocycles. The highest BCUT2D eigenvalue weighted by atomic mass is 16.2. The van der Waals surface area contributed by atoms with Crippen LogP contribution in [-0.4, -0.2) is 33.7 Å². The van der Waals surface area contributed by atoms with Crippen molar-refractivity contribution < 1.29 is 4.79 Å². The van der Waals surface area contributed by atoms with E-state index in [1.807, 2.05) is 21.8 Å². The van der Waals surface area contributed by atoms with Crippen molar-refractivity contribution in [3.63, 3.8) is 0 Å². The number of aryl methyl sites for hydroxylation is 3. The summed E-state index contributed by atoms with van der Waals surface area (Å²) in [6.07, 6.45) is 7.38. The van der Waals surface area contributed by atoms with Crippen LogP contribution in [0.25, 0.3) is 0 Å². The summed E-state index contributed by atoms with van der Waals surface area (Å²) < 4.78 is 1.99. The van der Waals surface area contributed by atoms with Gasteiger partial charge in [0.05, 0.1) is 6.04 Å². The van der Waals surface area contributed by atoms with Crippen molar-refractivity contribution in [3.05, 3.63) is 53.3 Å². The molecule has 2 heterocycles. The summed E-state index contributed by atoms with van der Waals surface area (Å²) in [6, 6.07) is 8.74. The zero-order valence-corrected chi connectivity index (χ0v) is 14.0. The highest BCUT2D eigenvalue weighted by Gasteiger charge is 2.24. The molecule has 1 aromatic carbocycles. The summed E-state index contributed by atoms with van der Waals surface area (Å²) in [5.74, 6) is 0.266. The SMILES string of the molecule is Cc1ccc(CCC(=O)N2CCC[C@@H](n3cccn3)C2)c(C)c1. The first-order valence-corrected chi connectivity index (χ1v) is 8.46. The molecular weight excluding hydrogens is 286 g/mol. The Morgan fingerprint density at radius 2 is 2.22 bits per heavy atom. The van der Waals surface area contributed by atoms with E-state index >= 15 is 0 Å². The Kier molecular flexibility index (Phi) is 4.79. The van der Waals surface area contributed by atoms with E-state index in [0.29, 0.717) is 12.5 Å². The largest absolute Gasteiger partial charge is 0.341 e. The van der Waals surface area contributed by atoms with E-state index in [2.05, 4.69) is 37.1 Å². The lowest BCUT2D eigenvalue weighted by Crippen LogP contribution is -2.40. The van der Waals surface area contributed by atoms with Crippen molar-refractivity contribution in [3.8, 4) is 0 Å². The van der Waals surface area contributed by atoms with Gasteiger partial charge in [-0.1, -0.05) is 23.8 Å². The molecule has 3 rings (SSSR count). The Balaban J connectivity index is 1.57. The van der Waals surface area contributed by atoms with E-state index in [1.165, 1.54) is 16.7 Å². The molecule has 0 aliphatic carbocycles. The normalized spacial score (nSPS) is 18.2. The molecule has 0 radical (unpaired) electrons. The first kappa shape index (κ1) is 15.8. The van der Waals surface area contributed by atoms with Gasteiger partial charge in [0.2, 0.25) is 5.91 Å². The van der Waals surface area contributed by atoms with E-state index in [0.717, 1.165) is 32.4 Å². The number of carbonyl (C=O) groups excluding carboxylic acids is 1. The number of nitrogens with zero attached hydrogens (tertiary/aromatic N) is 3. The number of hydrogen-bond donors (Lipinski definition) is 0. The van der Waals surface area contributed by atoms with Gasteiger partial charge < -0.3 is 4.90 Å². The molecule has 1 atom stereocenters. The lowest BCUT2D eigenvalue weighted by Gasteiger charge is -2.33. The van der Waals surface area contributed by atoms with Crippen LogP contribution in [0, 0.1) is 13.8 Å². The molecule has 2 aromatic rings. The number of rotatable bonds is 4. The van der Waals surface area contributed by atoms with E-state index in [-0.39, 0.29) is 5.91 Å². The molecule has 23 heavy (non-hydrogen) atoms. The smallest absolute Gasteiger partial charge is 0.222 e. The van der Waals surface area contributed by atoms with Crippen molar-refractivity contribution in [2.24, 2.45) is 0 Å². The monoisotopic (exact) mass is 311 g/mol.